The van der Waals surface area contributed by atoms with Crippen LogP contribution in [0, 0.1) is 10.1 Å². The molecule has 0 aliphatic rings. The van der Waals surface area contributed by atoms with Gasteiger partial charge in [-0.3, -0.25) is 10.1 Å². The van der Waals surface area contributed by atoms with E-state index < -0.39 is 15.7 Å². The number of aliphatic hydroxyl groups is 1. The van der Waals surface area contributed by atoms with Gasteiger partial charge in [0.2, 0.25) is 5.69 Å². The monoisotopic (exact) mass is 320 g/mol. The molecule has 7 nitrogen and oxygen atoms in total. The number of nitro benzene ring substituents is 1. The molecule has 0 saturated carbocycles. The fourth-order valence-corrected chi connectivity index (χ4v) is 2.07. The van der Waals surface area contributed by atoms with Gasteiger partial charge >= 0.3 is 5.69 Å². The molecule has 0 bridgehead atoms. The number of hydrogen-bond acceptors (Lipinski definition) is 5. The number of nitrogens with one attached hydrogen (secondary N) is 1. The molecule has 2 unspecified atom stereocenters. The van der Waals surface area contributed by atoms with E-state index in [-0.39, 0.29) is 30.3 Å². The first-order chi connectivity index (χ1) is 9.27. The summed E-state index contributed by atoms with van der Waals surface area (Å²) in [5, 5.41) is 33.9. The van der Waals surface area contributed by atoms with Crippen molar-refractivity contribution in [3.8, 4) is 0 Å². The number of hydrogen-bond donors (Lipinski definition) is 3. The zero-order chi connectivity index (χ0) is 15.3. The first-order valence-electron chi connectivity index (χ1n) is 6.57. The summed E-state index contributed by atoms with van der Waals surface area (Å²) in [5.41, 5.74) is 0.619. The smallest absolute Gasteiger partial charge is 0.334 e. The second-order valence-electron chi connectivity index (χ2n) is 5.06. The van der Waals surface area contributed by atoms with Crippen LogP contribution in [0.5, 0.6) is 0 Å². The zero-order valence-corrected chi connectivity index (χ0v) is 13.3. The Labute approximate surface area is 130 Å². The van der Waals surface area contributed by atoms with Crippen molar-refractivity contribution in [3.05, 3.63) is 28.3 Å². The van der Waals surface area contributed by atoms with Crippen molar-refractivity contribution >= 4 is 29.5 Å². The molecule has 1 aromatic carbocycles. The number of halogens is 1. The fourth-order valence-electron chi connectivity index (χ4n) is 2.07. The molecule has 0 radical (unpaired) electrons. The minimum atomic E-state index is -0.775. The number of nitro groups is 1. The summed E-state index contributed by atoms with van der Waals surface area (Å²) < 4.78 is -0.734. The molecule has 0 spiro atoms. The van der Waals surface area contributed by atoms with E-state index in [1.807, 2.05) is 6.92 Å². The molecule has 1 rings (SSSR count). The van der Waals surface area contributed by atoms with Gasteiger partial charge in [0, 0.05) is 24.4 Å². The van der Waals surface area contributed by atoms with Crippen LogP contribution in [0.1, 0.15) is 20.3 Å². The molecule has 21 heavy (non-hydrogen) atoms. The highest BCUT2D eigenvalue weighted by atomic mass is 35.5. The number of likely N-dealkylation sites (N-methyl/N-ethyl adjacent to an activating group) is 1. The van der Waals surface area contributed by atoms with Gasteiger partial charge in [0.1, 0.15) is 19.7 Å². The van der Waals surface area contributed by atoms with Gasteiger partial charge in [0.05, 0.1) is 4.92 Å². The van der Waals surface area contributed by atoms with Gasteiger partial charge < -0.3 is 10.4 Å². The van der Waals surface area contributed by atoms with Crippen molar-refractivity contribution in [3.63, 3.8) is 0 Å². The number of anilines is 1. The van der Waals surface area contributed by atoms with Crippen LogP contribution in [-0.4, -0.2) is 41.5 Å². The normalized spacial score (nSPS) is 14.7. The molecular weight excluding hydrogens is 298 g/mol. The third-order valence-electron chi connectivity index (χ3n) is 2.89. The Morgan fingerprint density at radius 3 is 2.57 bits per heavy atom. The maximum absolute atomic E-state index is 11.2. The molecule has 0 aliphatic heterocycles. The zero-order valence-electron chi connectivity index (χ0n) is 12.4. The summed E-state index contributed by atoms with van der Waals surface area (Å²) in [6.07, 6.45) is 0.133. The van der Waals surface area contributed by atoms with Crippen LogP contribution in [0.3, 0.4) is 0 Å². The Hall–Kier alpha value is -1.41. The maximum Gasteiger partial charge on any atom is 0.334 e. The van der Waals surface area contributed by atoms with Gasteiger partial charge in [0.15, 0.2) is 0 Å². The molecule has 0 heterocycles. The second-order valence-corrected chi connectivity index (χ2v) is 5.06. The highest BCUT2D eigenvalue weighted by molar-refractivity contribution is 5.85. The molecule has 8 heteroatoms. The molecule has 1 aromatic rings. The SMILES string of the molecule is CCCNc1ccc([N+](C)(O)CC(C)O)c([N+](=O)[O-])c1.Cl. The molecule has 0 aromatic heterocycles. The van der Waals surface area contributed by atoms with Crippen LogP contribution in [0.4, 0.5) is 17.1 Å². The van der Waals surface area contributed by atoms with E-state index in [0.29, 0.717) is 5.69 Å². The van der Waals surface area contributed by atoms with Gasteiger partial charge in [-0.05, 0) is 19.4 Å². The van der Waals surface area contributed by atoms with E-state index in [0.717, 1.165) is 13.0 Å². The largest absolute Gasteiger partial charge is 0.387 e. The summed E-state index contributed by atoms with van der Waals surface area (Å²) in [5.74, 6) is 0. The lowest BCUT2D eigenvalue weighted by Crippen LogP contribution is -2.46. The number of aliphatic hydroxyl groups excluding tert-OH is 1. The Morgan fingerprint density at radius 1 is 1.48 bits per heavy atom. The average molecular weight is 321 g/mol. The average Bonchev–Trinajstić information content (AvgIpc) is 2.34. The van der Waals surface area contributed by atoms with Gasteiger partial charge in [-0.1, -0.05) is 6.92 Å². The number of hydroxylamine groups is 2. The third-order valence-corrected chi connectivity index (χ3v) is 2.89. The first kappa shape index (κ1) is 19.6. The van der Waals surface area contributed by atoms with E-state index in [2.05, 4.69) is 5.32 Å². The molecule has 0 fully saturated rings. The maximum atomic E-state index is 11.2. The van der Waals surface area contributed by atoms with Gasteiger partial charge in [-0.2, -0.15) is 0 Å². The van der Waals surface area contributed by atoms with Crippen molar-refractivity contribution in [2.75, 3.05) is 25.5 Å². The van der Waals surface area contributed by atoms with E-state index in [1.165, 1.54) is 26.1 Å². The molecule has 2 atom stereocenters. The third kappa shape index (κ3) is 5.47. The standard InChI is InChI=1S/C13H22N3O4.ClH/c1-4-7-14-11-5-6-13(12(8-11)15(18)19)16(3,20)9-10(2)17;/h5-6,8,10,14,17,20H,4,7,9H2,1-3H3;1H/q+1;. The summed E-state index contributed by atoms with van der Waals surface area (Å²) in [4.78, 5) is 10.6. The van der Waals surface area contributed by atoms with E-state index in [4.69, 9.17) is 0 Å². The summed E-state index contributed by atoms with van der Waals surface area (Å²) in [6.45, 7) is 4.22. The Bertz CT molecular complexity index is 480. The van der Waals surface area contributed by atoms with Crippen molar-refractivity contribution in [2.24, 2.45) is 0 Å². The summed E-state index contributed by atoms with van der Waals surface area (Å²) >= 11 is 0. The molecule has 0 amide bonds. The molecule has 0 saturated heterocycles. The summed E-state index contributed by atoms with van der Waals surface area (Å²) in [7, 11) is 1.41. The van der Waals surface area contributed by atoms with Crippen molar-refractivity contribution in [2.45, 2.75) is 26.4 Å². The topological polar surface area (TPSA) is 95.6 Å². The van der Waals surface area contributed by atoms with Gasteiger partial charge in [-0.25, -0.2) is 5.21 Å². The van der Waals surface area contributed by atoms with Crippen LogP contribution in [0.15, 0.2) is 18.2 Å². The second kappa shape index (κ2) is 8.14. The lowest BCUT2D eigenvalue weighted by molar-refractivity contribution is -0.385. The van der Waals surface area contributed by atoms with Gasteiger partial charge in [0.25, 0.3) is 0 Å². The molecule has 0 aliphatic carbocycles. The van der Waals surface area contributed by atoms with Crippen LogP contribution < -0.4 is 9.96 Å². The molecular formula is C13H23ClN3O4+. The minimum absolute atomic E-state index is 0. The van der Waals surface area contributed by atoms with Crippen molar-refractivity contribution < 1.29 is 15.2 Å². The fraction of sp³-hybridized carbons (Fsp3) is 0.538. The van der Waals surface area contributed by atoms with E-state index >= 15 is 0 Å². The van der Waals surface area contributed by atoms with E-state index in [1.54, 1.807) is 6.07 Å². The van der Waals surface area contributed by atoms with Crippen molar-refractivity contribution in [1.29, 1.82) is 0 Å². The predicted molar refractivity (Wildman–Crippen MR) is 85.2 cm³/mol. The lowest BCUT2D eigenvalue weighted by atomic mass is 10.2. The van der Waals surface area contributed by atoms with Crippen LogP contribution in [-0.2, 0) is 0 Å². The lowest BCUT2D eigenvalue weighted by Gasteiger charge is -2.25. The number of rotatable bonds is 7. The Kier molecular flexibility index (Phi) is 7.59. The van der Waals surface area contributed by atoms with E-state index in [9.17, 15) is 20.4 Å². The summed E-state index contributed by atoms with van der Waals surface area (Å²) in [6, 6.07) is 4.60. The van der Waals surface area contributed by atoms with Crippen LogP contribution in [0.2, 0.25) is 0 Å². The quantitative estimate of drug-likeness (QED) is 0.407. The number of quaternary nitrogens is 1. The van der Waals surface area contributed by atoms with Crippen LogP contribution >= 0.6 is 12.4 Å². The molecule has 120 valence electrons. The minimum Gasteiger partial charge on any atom is -0.387 e. The number of nitrogens with zero attached hydrogens (tertiary/aromatic N) is 2. The van der Waals surface area contributed by atoms with Crippen LogP contribution in [0.25, 0.3) is 0 Å². The highest BCUT2D eigenvalue weighted by Gasteiger charge is 2.33. The Morgan fingerprint density at radius 2 is 2.10 bits per heavy atom. The Balaban J connectivity index is 0.00000400. The predicted octanol–water partition coefficient (Wildman–Crippen LogP) is 2.55. The van der Waals surface area contributed by atoms with Crippen molar-refractivity contribution in [1.82, 2.24) is 4.65 Å². The highest BCUT2D eigenvalue weighted by Crippen LogP contribution is 2.33. The van der Waals surface area contributed by atoms with Gasteiger partial charge in [-0.15, -0.1) is 17.1 Å². The number of benzene rings is 1. The first-order valence-corrected chi connectivity index (χ1v) is 6.57. The molecule has 3 N–H and O–H groups in total.